The van der Waals surface area contributed by atoms with Crippen molar-refractivity contribution in [3.8, 4) is 0 Å². The fourth-order valence-corrected chi connectivity index (χ4v) is 13.2. The average Bonchev–Trinajstić information content (AvgIpc) is 3.28. The van der Waals surface area contributed by atoms with E-state index in [4.69, 9.17) is 0 Å². The van der Waals surface area contributed by atoms with Crippen LogP contribution in [0, 0.1) is 0 Å². The number of hydrogen-bond donors (Lipinski definition) is 1. The molecule has 0 unspecified atom stereocenters. The Kier molecular flexibility index (Phi) is 29.9. The molecule has 2 heteroatoms. The zero-order valence-electron chi connectivity index (χ0n) is 42.1. The first-order valence-electron chi connectivity index (χ1n) is 27.5. The first-order chi connectivity index (χ1) is 30.4. The Hall–Kier alpha value is -2.16. The highest BCUT2D eigenvalue weighted by Crippen LogP contribution is 2.22. The van der Waals surface area contributed by atoms with Gasteiger partial charge in [0.15, 0.2) is 0 Å². The molecule has 0 fully saturated rings. The van der Waals surface area contributed by atoms with Crippen molar-refractivity contribution in [3.63, 3.8) is 0 Å². The van der Waals surface area contributed by atoms with Crippen LogP contribution >= 0.6 is 0 Å². The Bertz CT molecular complexity index is 1280. The quantitative estimate of drug-likeness (QED) is 0.0344. The van der Waals surface area contributed by atoms with E-state index in [1.807, 2.05) is 0 Å². The van der Waals surface area contributed by atoms with Crippen LogP contribution in [0.3, 0.4) is 0 Å². The van der Waals surface area contributed by atoms with Crippen LogP contribution in [0.25, 0.3) is 0 Å². The zero-order valence-corrected chi connectivity index (χ0v) is 43.1. The predicted molar refractivity (Wildman–Crippen MR) is 281 cm³/mol. The van der Waals surface area contributed by atoms with Crippen molar-refractivity contribution < 1.29 is 4.80 Å². The molecule has 0 saturated carbocycles. The van der Waals surface area contributed by atoms with E-state index in [9.17, 15) is 4.80 Å². The van der Waals surface area contributed by atoms with Crippen molar-refractivity contribution in [1.29, 1.82) is 0 Å². The highest BCUT2D eigenvalue weighted by atomic mass is 28.4. The molecule has 1 N–H and O–H groups in total. The van der Waals surface area contributed by atoms with Crippen LogP contribution in [0.2, 0.25) is 0 Å². The summed E-state index contributed by atoms with van der Waals surface area (Å²) in [5, 5.41) is 3.74. The first-order valence-corrected chi connectivity index (χ1v) is 29.5. The van der Waals surface area contributed by atoms with Gasteiger partial charge in [-0.15, -0.1) is 0 Å². The molecule has 1 nitrogen and oxygen atoms in total. The van der Waals surface area contributed by atoms with Gasteiger partial charge in [-0.1, -0.05) is 250 Å². The summed E-state index contributed by atoms with van der Waals surface area (Å²) in [6.45, 7) is 13.9. The normalized spacial score (nSPS) is 11.9. The van der Waals surface area contributed by atoms with Crippen LogP contribution in [-0.2, 0) is 38.5 Å². The van der Waals surface area contributed by atoms with E-state index in [1.165, 1.54) is 242 Å². The van der Waals surface area contributed by atoms with Crippen LogP contribution < -0.4 is 15.6 Å². The molecule has 350 valence electrons. The number of aryl methyl sites for hydroxylation is 6. The average molecular weight is 866 g/mol. The predicted octanol–water partition coefficient (Wildman–Crippen LogP) is 16.7. The van der Waals surface area contributed by atoms with Gasteiger partial charge in [-0.2, -0.15) is 0 Å². The maximum absolute atomic E-state index is 14.4. The molecule has 3 rings (SSSR count). The van der Waals surface area contributed by atoms with Crippen LogP contribution in [0.1, 0.15) is 268 Å². The lowest BCUT2D eigenvalue weighted by Crippen LogP contribution is -2.68. The fourth-order valence-electron chi connectivity index (χ4n) is 9.88. The van der Waals surface area contributed by atoms with Gasteiger partial charge >= 0.3 is 0 Å². The monoisotopic (exact) mass is 865 g/mol. The maximum atomic E-state index is 14.4. The minimum atomic E-state index is -3.43. The molecule has 0 atom stereocenters. The van der Waals surface area contributed by atoms with Crippen molar-refractivity contribution in [2.45, 2.75) is 273 Å². The molecule has 3 aromatic rings. The van der Waals surface area contributed by atoms with Crippen molar-refractivity contribution in [2.75, 3.05) is 0 Å². The lowest BCUT2D eigenvalue weighted by Gasteiger charge is -2.30. The molecular weight excluding hydrogens is 765 g/mol. The highest BCUT2D eigenvalue weighted by Gasteiger charge is 2.40. The fraction of sp³-hybridized carbons (Fsp3) is 0.700. The molecule has 0 heterocycles. The molecule has 62 heavy (non-hydrogen) atoms. The van der Waals surface area contributed by atoms with Gasteiger partial charge in [0.25, 0.3) is 8.32 Å². The van der Waals surface area contributed by atoms with Gasteiger partial charge in [-0.3, -0.25) is 0 Å². The van der Waals surface area contributed by atoms with Crippen molar-refractivity contribution in [2.24, 2.45) is 0 Å². The number of rotatable bonds is 39. The van der Waals surface area contributed by atoms with Gasteiger partial charge in [-0.25, -0.2) is 0 Å². The summed E-state index contributed by atoms with van der Waals surface area (Å²) in [5.41, 5.74) is 8.75. The summed E-state index contributed by atoms with van der Waals surface area (Å²) in [5.74, 6) is 0. The second-order valence-electron chi connectivity index (χ2n) is 19.8. The first kappa shape index (κ1) is 54.2. The largest absolute Gasteiger partial charge is 0.421 e. The third-order valence-electron chi connectivity index (χ3n) is 13.8. The third-order valence-corrected chi connectivity index (χ3v) is 17.2. The smallest absolute Gasteiger partial charge is 0.285 e. The summed E-state index contributed by atoms with van der Waals surface area (Å²) in [6.07, 6.45) is 45.7. The summed E-state index contributed by atoms with van der Waals surface area (Å²) in [7, 11) is -3.43. The highest BCUT2D eigenvalue weighted by molar-refractivity contribution is 7.06. The maximum Gasteiger partial charge on any atom is 0.285 e. The second-order valence-corrected chi connectivity index (χ2v) is 23.0. The molecule has 0 aliphatic carbocycles. The van der Waals surface area contributed by atoms with Crippen molar-refractivity contribution >= 4 is 23.9 Å². The van der Waals surface area contributed by atoms with Crippen LogP contribution in [0.5, 0.6) is 0 Å². The molecule has 0 bridgehead atoms. The van der Waals surface area contributed by atoms with E-state index in [0.29, 0.717) is 0 Å². The van der Waals surface area contributed by atoms with Crippen molar-refractivity contribution in [1.82, 2.24) is 0 Å². The van der Waals surface area contributed by atoms with Crippen molar-refractivity contribution in [3.05, 3.63) is 88.0 Å². The summed E-state index contributed by atoms with van der Waals surface area (Å²) < 4.78 is 0. The summed E-state index contributed by atoms with van der Waals surface area (Å²) in [6, 6.07) is 22.7. The van der Waals surface area contributed by atoms with E-state index < -0.39 is 8.32 Å². The molecule has 0 aliphatic heterocycles. The number of benzene rings is 3. The van der Waals surface area contributed by atoms with Gasteiger partial charge in [0.2, 0.25) is 0 Å². The Labute approximate surface area is 387 Å². The SMILES string of the molecule is CCCCCCCc1cc(CCCCCCC)cc([Si](O)(c2cc(CCCCCCC)cc(CCCCCCC)c2)c2cc(CCCCCCC)cc(CCCCCCC)c2)c1. The summed E-state index contributed by atoms with van der Waals surface area (Å²) >= 11 is 0. The third kappa shape index (κ3) is 21.2. The van der Waals surface area contributed by atoms with E-state index in [0.717, 1.165) is 38.5 Å². The Morgan fingerprint density at radius 1 is 0.242 bits per heavy atom. The van der Waals surface area contributed by atoms with E-state index in [-0.39, 0.29) is 0 Å². The Morgan fingerprint density at radius 2 is 0.403 bits per heavy atom. The lowest BCUT2D eigenvalue weighted by atomic mass is 10.00. The van der Waals surface area contributed by atoms with Gasteiger partial charge in [0, 0.05) is 0 Å². The summed E-state index contributed by atoms with van der Waals surface area (Å²) in [4.78, 5) is 14.4. The lowest BCUT2D eigenvalue weighted by molar-refractivity contribution is 0.582. The molecule has 0 saturated heterocycles. The standard InChI is InChI=1S/C60H100OSi/c1-7-13-19-25-31-37-52-43-53(38-32-26-20-14-8-2)47-58(46-52)62(61,59-48-54(39-33-27-21-15-9-3)44-55(49-59)40-34-28-22-16-10-4)60-50-56(41-35-29-23-17-11-5)45-57(51-60)42-36-30-24-18-12-6/h43-51,61H,7-42H2,1-6H3. The Morgan fingerprint density at radius 3 is 0.565 bits per heavy atom. The van der Waals surface area contributed by atoms with Gasteiger partial charge < -0.3 is 4.80 Å². The van der Waals surface area contributed by atoms with Gasteiger partial charge in [-0.05, 0) is 126 Å². The topological polar surface area (TPSA) is 20.2 Å². The van der Waals surface area contributed by atoms with E-state index in [1.54, 1.807) is 0 Å². The molecule has 0 spiro atoms. The van der Waals surface area contributed by atoms with E-state index >= 15 is 0 Å². The van der Waals surface area contributed by atoms with Crippen LogP contribution in [0.15, 0.2) is 54.6 Å². The van der Waals surface area contributed by atoms with Gasteiger partial charge in [0.1, 0.15) is 0 Å². The van der Waals surface area contributed by atoms with E-state index in [2.05, 4.69) is 96.1 Å². The minimum Gasteiger partial charge on any atom is -0.421 e. The van der Waals surface area contributed by atoms with Gasteiger partial charge in [0.05, 0.1) is 0 Å². The van der Waals surface area contributed by atoms with Crippen LogP contribution in [0.4, 0.5) is 0 Å². The molecule has 0 radical (unpaired) electrons. The number of hydrogen-bond acceptors (Lipinski definition) is 1. The van der Waals surface area contributed by atoms with Crippen LogP contribution in [-0.4, -0.2) is 13.1 Å². The molecule has 0 amide bonds. The zero-order chi connectivity index (χ0) is 44.5. The minimum absolute atomic E-state index is 1.12. The molecule has 3 aromatic carbocycles. The Balaban J connectivity index is 2.27. The molecule has 0 aliphatic rings. The molecule has 0 aromatic heterocycles. The number of unbranched alkanes of at least 4 members (excludes halogenated alkanes) is 24. The molecular formula is C60H100OSi. The second kappa shape index (κ2) is 34.2.